The molecule has 0 aromatic carbocycles. The van der Waals surface area contributed by atoms with E-state index < -0.39 is 10.0 Å². The van der Waals surface area contributed by atoms with Crippen LogP contribution in [0.15, 0.2) is 0 Å². The van der Waals surface area contributed by atoms with Crippen LogP contribution in [0.4, 0.5) is 0 Å². The molecule has 7 heteroatoms. The van der Waals surface area contributed by atoms with E-state index in [4.69, 9.17) is 4.74 Å². The van der Waals surface area contributed by atoms with E-state index in [2.05, 4.69) is 0 Å². The minimum absolute atomic E-state index is 0.0628. The Morgan fingerprint density at radius 3 is 2.28 bits per heavy atom. The first-order valence-corrected chi connectivity index (χ1v) is 8.11. The van der Waals surface area contributed by atoms with Crippen molar-refractivity contribution < 1.29 is 17.9 Å². The summed E-state index contributed by atoms with van der Waals surface area (Å²) < 4.78 is 29.6. The molecule has 6 nitrogen and oxygen atoms in total. The monoisotopic (exact) mass is 276 g/mol. The molecule has 0 N–H and O–H groups in total. The van der Waals surface area contributed by atoms with E-state index in [-0.39, 0.29) is 18.1 Å². The molecule has 2 aliphatic rings. The number of carbonyl (C=O) groups excluding carboxylic acids is 1. The van der Waals surface area contributed by atoms with E-state index in [0.29, 0.717) is 39.1 Å². The summed E-state index contributed by atoms with van der Waals surface area (Å²) in [6, 6.07) is 0. The highest BCUT2D eigenvalue weighted by atomic mass is 32.2. The van der Waals surface area contributed by atoms with Crippen LogP contribution in [-0.2, 0) is 19.6 Å². The highest BCUT2D eigenvalue weighted by Crippen LogP contribution is 2.23. The molecule has 1 atom stereocenters. The predicted molar refractivity (Wildman–Crippen MR) is 66.3 cm³/mol. The maximum absolute atomic E-state index is 12.2. The number of hydrogen-bond donors (Lipinski definition) is 0. The van der Waals surface area contributed by atoms with Gasteiger partial charge in [-0.15, -0.1) is 0 Å². The summed E-state index contributed by atoms with van der Waals surface area (Å²) >= 11 is 0. The molecule has 18 heavy (non-hydrogen) atoms. The fraction of sp³-hybridized carbons (Fsp3) is 0.909. The Balaban J connectivity index is 1.92. The quantitative estimate of drug-likeness (QED) is 0.704. The summed E-state index contributed by atoms with van der Waals surface area (Å²) in [5.74, 6) is 0.0419. The molecule has 0 spiro atoms. The maximum Gasteiger partial charge on any atom is 0.227 e. The molecule has 0 aromatic heterocycles. The molecule has 0 bridgehead atoms. The smallest absolute Gasteiger partial charge is 0.227 e. The number of hydrogen-bond acceptors (Lipinski definition) is 4. The molecule has 2 heterocycles. The third-order valence-corrected chi connectivity index (χ3v) is 4.99. The van der Waals surface area contributed by atoms with Gasteiger partial charge in [-0.3, -0.25) is 4.79 Å². The minimum atomic E-state index is -3.12. The van der Waals surface area contributed by atoms with Gasteiger partial charge in [-0.2, -0.15) is 0 Å². The first-order chi connectivity index (χ1) is 8.39. The average Bonchev–Trinajstić information content (AvgIpc) is 2.73. The van der Waals surface area contributed by atoms with Crippen molar-refractivity contribution >= 4 is 15.9 Å². The van der Waals surface area contributed by atoms with Crippen LogP contribution < -0.4 is 0 Å². The van der Waals surface area contributed by atoms with Crippen molar-refractivity contribution in [2.45, 2.75) is 26.0 Å². The maximum atomic E-state index is 12.2. The van der Waals surface area contributed by atoms with Gasteiger partial charge in [0.1, 0.15) is 6.23 Å². The Labute approximate surface area is 108 Å². The second-order valence-electron chi connectivity index (χ2n) is 4.94. The van der Waals surface area contributed by atoms with Gasteiger partial charge in [-0.05, 0) is 19.8 Å². The van der Waals surface area contributed by atoms with E-state index in [9.17, 15) is 13.2 Å². The molecular formula is C11H20N2O4S. The lowest BCUT2D eigenvalue weighted by molar-refractivity contribution is -0.140. The van der Waals surface area contributed by atoms with Crippen LogP contribution in [0.2, 0.25) is 0 Å². The standard InChI is InChI=1S/C11H20N2O4S/c1-9-13(7-8-17-9)11(14)10-3-5-12(6-4-10)18(2,15)16/h9-10H,3-8H2,1-2H3. The van der Waals surface area contributed by atoms with Crippen LogP contribution >= 0.6 is 0 Å². The molecular weight excluding hydrogens is 256 g/mol. The lowest BCUT2D eigenvalue weighted by Gasteiger charge is -2.32. The molecule has 1 amide bonds. The van der Waals surface area contributed by atoms with Gasteiger partial charge in [0.05, 0.1) is 12.9 Å². The number of rotatable bonds is 2. The first-order valence-electron chi connectivity index (χ1n) is 6.27. The van der Waals surface area contributed by atoms with E-state index in [1.54, 1.807) is 4.90 Å². The van der Waals surface area contributed by atoms with Crippen LogP contribution in [0, 0.1) is 5.92 Å². The largest absolute Gasteiger partial charge is 0.357 e. The van der Waals surface area contributed by atoms with Gasteiger partial charge in [0.15, 0.2) is 0 Å². The number of amides is 1. The van der Waals surface area contributed by atoms with Crippen molar-refractivity contribution in [3.8, 4) is 0 Å². The number of nitrogens with zero attached hydrogens (tertiary/aromatic N) is 2. The van der Waals surface area contributed by atoms with Gasteiger partial charge >= 0.3 is 0 Å². The molecule has 1 unspecified atom stereocenters. The zero-order valence-corrected chi connectivity index (χ0v) is 11.6. The number of piperidine rings is 1. The lowest BCUT2D eigenvalue weighted by Crippen LogP contribution is -2.45. The molecule has 0 saturated carbocycles. The van der Waals surface area contributed by atoms with Gasteiger partial charge in [0, 0.05) is 25.6 Å². The summed E-state index contributed by atoms with van der Waals surface area (Å²) in [6.45, 7) is 3.99. The number of ether oxygens (including phenoxy) is 1. The molecule has 2 aliphatic heterocycles. The van der Waals surface area contributed by atoms with E-state index in [1.165, 1.54) is 10.6 Å². The van der Waals surface area contributed by atoms with Crippen LogP contribution in [-0.4, -0.2) is 62.3 Å². The SMILES string of the molecule is CC1OCCN1C(=O)C1CCN(S(C)(=O)=O)CC1. The van der Waals surface area contributed by atoms with Crippen molar-refractivity contribution in [1.82, 2.24) is 9.21 Å². The van der Waals surface area contributed by atoms with Crippen LogP contribution in [0.1, 0.15) is 19.8 Å². The summed E-state index contributed by atoms with van der Waals surface area (Å²) in [6.07, 6.45) is 2.28. The highest BCUT2D eigenvalue weighted by molar-refractivity contribution is 7.88. The van der Waals surface area contributed by atoms with Crippen molar-refractivity contribution in [2.75, 3.05) is 32.5 Å². The first kappa shape index (κ1) is 13.8. The molecule has 2 rings (SSSR count). The summed E-state index contributed by atoms with van der Waals surface area (Å²) in [7, 11) is -3.12. The highest BCUT2D eigenvalue weighted by Gasteiger charge is 2.34. The molecule has 0 aromatic rings. The molecule has 2 saturated heterocycles. The fourth-order valence-electron chi connectivity index (χ4n) is 2.55. The number of sulfonamides is 1. The van der Waals surface area contributed by atoms with Gasteiger partial charge < -0.3 is 9.64 Å². The third kappa shape index (κ3) is 2.84. The second-order valence-corrected chi connectivity index (χ2v) is 6.92. The predicted octanol–water partition coefficient (Wildman–Crippen LogP) is -0.137. The fourth-order valence-corrected chi connectivity index (χ4v) is 3.43. The zero-order chi connectivity index (χ0) is 13.3. The van der Waals surface area contributed by atoms with Gasteiger partial charge in [0.25, 0.3) is 0 Å². The van der Waals surface area contributed by atoms with Crippen molar-refractivity contribution in [3.05, 3.63) is 0 Å². The van der Waals surface area contributed by atoms with Crippen LogP contribution in [0.5, 0.6) is 0 Å². The van der Waals surface area contributed by atoms with Crippen LogP contribution in [0.25, 0.3) is 0 Å². The van der Waals surface area contributed by atoms with Crippen molar-refractivity contribution in [3.63, 3.8) is 0 Å². The van der Waals surface area contributed by atoms with E-state index >= 15 is 0 Å². The van der Waals surface area contributed by atoms with Crippen LogP contribution in [0.3, 0.4) is 0 Å². The van der Waals surface area contributed by atoms with Crippen molar-refractivity contribution in [1.29, 1.82) is 0 Å². The van der Waals surface area contributed by atoms with E-state index in [1.807, 2.05) is 6.92 Å². The molecule has 2 fully saturated rings. The van der Waals surface area contributed by atoms with Gasteiger partial charge in [0.2, 0.25) is 15.9 Å². The molecule has 104 valence electrons. The third-order valence-electron chi connectivity index (χ3n) is 3.69. The molecule has 0 aliphatic carbocycles. The Kier molecular flexibility index (Phi) is 3.93. The average molecular weight is 276 g/mol. The summed E-state index contributed by atoms with van der Waals surface area (Å²) in [4.78, 5) is 14.0. The molecule has 0 radical (unpaired) electrons. The Hall–Kier alpha value is -0.660. The second kappa shape index (κ2) is 5.14. The van der Waals surface area contributed by atoms with Crippen molar-refractivity contribution in [2.24, 2.45) is 5.92 Å². The Morgan fingerprint density at radius 1 is 1.22 bits per heavy atom. The van der Waals surface area contributed by atoms with Gasteiger partial charge in [-0.1, -0.05) is 0 Å². The Morgan fingerprint density at radius 2 is 1.83 bits per heavy atom. The van der Waals surface area contributed by atoms with Gasteiger partial charge in [-0.25, -0.2) is 12.7 Å². The lowest BCUT2D eigenvalue weighted by atomic mass is 9.96. The topological polar surface area (TPSA) is 66.9 Å². The number of carbonyl (C=O) groups is 1. The summed E-state index contributed by atoms with van der Waals surface area (Å²) in [5.41, 5.74) is 0. The minimum Gasteiger partial charge on any atom is -0.357 e. The normalized spacial score (nSPS) is 27.7. The van der Waals surface area contributed by atoms with E-state index in [0.717, 1.165) is 0 Å². The Bertz CT molecular complexity index is 415. The zero-order valence-electron chi connectivity index (χ0n) is 10.8. The summed E-state index contributed by atoms with van der Waals surface area (Å²) in [5, 5.41) is 0.